The summed E-state index contributed by atoms with van der Waals surface area (Å²) in [5, 5.41) is 3.46. The topological polar surface area (TPSA) is 18.5 Å². The maximum absolute atomic E-state index is 3.46. The number of hydrogen-bond donors (Lipinski definition) is 1. The van der Waals surface area contributed by atoms with Gasteiger partial charge in [-0.25, -0.2) is 0 Å². The van der Waals surface area contributed by atoms with E-state index in [1.807, 2.05) is 0 Å². The third-order valence-electron chi connectivity index (χ3n) is 5.23. The van der Waals surface area contributed by atoms with Gasteiger partial charge in [0.15, 0.2) is 0 Å². The van der Waals surface area contributed by atoms with Crippen LogP contribution in [0.25, 0.3) is 0 Å². The fourth-order valence-electron chi connectivity index (χ4n) is 3.85. The molecule has 3 rings (SSSR count). The molecular weight excluding hydrogens is 270 g/mol. The number of anilines is 1. The molecule has 1 aromatic carbocycles. The van der Waals surface area contributed by atoms with E-state index in [2.05, 4.69) is 54.2 Å². The Balaban J connectivity index is 1.83. The SMILES string of the molecule is CC(C)c1ccc(N2CCNCC2)c(CC2CCN(C)C2)c1. The van der Waals surface area contributed by atoms with Crippen LogP contribution in [0.2, 0.25) is 0 Å². The van der Waals surface area contributed by atoms with Crippen LogP contribution in [0.1, 0.15) is 37.3 Å². The number of nitrogens with zero attached hydrogens (tertiary/aromatic N) is 2. The van der Waals surface area contributed by atoms with Crippen molar-refractivity contribution in [3.05, 3.63) is 29.3 Å². The molecule has 3 nitrogen and oxygen atoms in total. The predicted molar refractivity (Wildman–Crippen MR) is 94.9 cm³/mol. The standard InChI is InChI=1S/C19H31N3/c1-15(2)17-4-5-19(22-10-7-20-8-11-22)18(13-17)12-16-6-9-21(3)14-16/h4-5,13,15-16,20H,6-12,14H2,1-3H3. The first kappa shape index (κ1) is 15.8. The Bertz CT molecular complexity index is 491. The minimum Gasteiger partial charge on any atom is -0.369 e. The third kappa shape index (κ3) is 3.64. The number of rotatable bonds is 4. The zero-order valence-corrected chi connectivity index (χ0v) is 14.4. The smallest absolute Gasteiger partial charge is 0.0399 e. The van der Waals surface area contributed by atoms with Gasteiger partial charge >= 0.3 is 0 Å². The molecule has 2 fully saturated rings. The van der Waals surface area contributed by atoms with E-state index in [0.29, 0.717) is 5.92 Å². The lowest BCUT2D eigenvalue weighted by molar-refractivity contribution is 0.394. The molecule has 0 spiro atoms. The van der Waals surface area contributed by atoms with E-state index in [-0.39, 0.29) is 0 Å². The highest BCUT2D eigenvalue weighted by atomic mass is 15.2. The highest BCUT2D eigenvalue weighted by Gasteiger charge is 2.23. The summed E-state index contributed by atoms with van der Waals surface area (Å²) in [4.78, 5) is 5.05. The first-order chi connectivity index (χ1) is 10.6. The Morgan fingerprint density at radius 3 is 2.59 bits per heavy atom. The van der Waals surface area contributed by atoms with Crippen LogP contribution in [0.4, 0.5) is 5.69 Å². The molecule has 122 valence electrons. The summed E-state index contributed by atoms with van der Waals surface area (Å²) < 4.78 is 0. The zero-order valence-electron chi connectivity index (χ0n) is 14.4. The molecule has 0 radical (unpaired) electrons. The summed E-state index contributed by atoms with van der Waals surface area (Å²) in [5.74, 6) is 1.44. The molecule has 0 amide bonds. The van der Waals surface area contributed by atoms with Crippen molar-refractivity contribution in [3.63, 3.8) is 0 Å². The van der Waals surface area contributed by atoms with E-state index in [4.69, 9.17) is 0 Å². The molecule has 0 aromatic heterocycles. The normalized spacial score (nSPS) is 23.5. The van der Waals surface area contributed by atoms with Gasteiger partial charge in [-0.1, -0.05) is 26.0 Å². The molecule has 2 saturated heterocycles. The minimum atomic E-state index is 0.613. The molecule has 2 heterocycles. The molecule has 0 saturated carbocycles. The van der Waals surface area contributed by atoms with E-state index in [0.717, 1.165) is 32.1 Å². The summed E-state index contributed by atoms with van der Waals surface area (Å²) in [7, 11) is 2.25. The quantitative estimate of drug-likeness (QED) is 0.922. The molecule has 1 N–H and O–H groups in total. The van der Waals surface area contributed by atoms with Gasteiger partial charge in [0, 0.05) is 38.4 Å². The van der Waals surface area contributed by atoms with Gasteiger partial charge in [0.05, 0.1) is 0 Å². The third-order valence-corrected chi connectivity index (χ3v) is 5.23. The summed E-state index contributed by atoms with van der Waals surface area (Å²) in [6, 6.07) is 7.21. The van der Waals surface area contributed by atoms with Crippen LogP contribution in [0, 0.1) is 5.92 Å². The average Bonchev–Trinajstić information content (AvgIpc) is 2.93. The number of nitrogens with one attached hydrogen (secondary N) is 1. The summed E-state index contributed by atoms with van der Waals surface area (Å²) in [6.45, 7) is 11.6. The van der Waals surface area contributed by atoms with Gasteiger partial charge in [-0.15, -0.1) is 0 Å². The fourth-order valence-corrected chi connectivity index (χ4v) is 3.85. The second kappa shape index (κ2) is 7.01. The molecule has 2 aliphatic heterocycles. The monoisotopic (exact) mass is 301 g/mol. The Kier molecular flexibility index (Phi) is 5.04. The number of piperazine rings is 1. The average molecular weight is 301 g/mol. The summed E-state index contributed by atoms with van der Waals surface area (Å²) >= 11 is 0. The van der Waals surface area contributed by atoms with Crippen molar-refractivity contribution >= 4 is 5.69 Å². The summed E-state index contributed by atoms with van der Waals surface area (Å²) in [5.41, 5.74) is 4.55. The Hall–Kier alpha value is -1.06. The van der Waals surface area contributed by atoms with Crippen LogP contribution in [0.15, 0.2) is 18.2 Å². The van der Waals surface area contributed by atoms with Gasteiger partial charge in [0.2, 0.25) is 0 Å². The molecular formula is C19H31N3. The van der Waals surface area contributed by atoms with Gasteiger partial charge in [0.25, 0.3) is 0 Å². The van der Waals surface area contributed by atoms with Crippen LogP contribution >= 0.6 is 0 Å². The maximum Gasteiger partial charge on any atom is 0.0399 e. The van der Waals surface area contributed by atoms with E-state index in [9.17, 15) is 0 Å². The number of benzene rings is 1. The van der Waals surface area contributed by atoms with E-state index in [1.165, 1.54) is 37.2 Å². The van der Waals surface area contributed by atoms with Crippen LogP contribution in [-0.4, -0.2) is 51.2 Å². The van der Waals surface area contributed by atoms with Crippen molar-refractivity contribution < 1.29 is 0 Å². The Morgan fingerprint density at radius 2 is 1.95 bits per heavy atom. The minimum absolute atomic E-state index is 0.613. The molecule has 1 atom stereocenters. The molecule has 0 bridgehead atoms. The second-order valence-electron chi connectivity index (χ2n) is 7.40. The lowest BCUT2D eigenvalue weighted by atomic mass is 9.92. The van der Waals surface area contributed by atoms with Crippen LogP contribution < -0.4 is 10.2 Å². The predicted octanol–water partition coefficient (Wildman–Crippen LogP) is 2.71. The van der Waals surface area contributed by atoms with Crippen molar-refractivity contribution in [1.29, 1.82) is 0 Å². The zero-order chi connectivity index (χ0) is 15.5. The van der Waals surface area contributed by atoms with Gasteiger partial charge in [0.1, 0.15) is 0 Å². The van der Waals surface area contributed by atoms with Crippen molar-refractivity contribution in [3.8, 4) is 0 Å². The largest absolute Gasteiger partial charge is 0.369 e. The van der Waals surface area contributed by atoms with E-state index in [1.54, 1.807) is 5.56 Å². The second-order valence-corrected chi connectivity index (χ2v) is 7.40. The highest BCUT2D eigenvalue weighted by Crippen LogP contribution is 2.30. The van der Waals surface area contributed by atoms with E-state index < -0.39 is 0 Å². The lowest BCUT2D eigenvalue weighted by Crippen LogP contribution is -2.44. The first-order valence-corrected chi connectivity index (χ1v) is 8.90. The van der Waals surface area contributed by atoms with Gasteiger partial charge in [-0.05, 0) is 55.5 Å². The van der Waals surface area contributed by atoms with Crippen molar-refractivity contribution in [2.24, 2.45) is 5.92 Å². The number of likely N-dealkylation sites (tertiary alicyclic amines) is 1. The van der Waals surface area contributed by atoms with Crippen LogP contribution in [0.3, 0.4) is 0 Å². The van der Waals surface area contributed by atoms with Gasteiger partial charge < -0.3 is 15.1 Å². The molecule has 1 aromatic rings. The van der Waals surface area contributed by atoms with Crippen molar-refractivity contribution in [2.45, 2.75) is 32.6 Å². The molecule has 2 aliphatic rings. The Morgan fingerprint density at radius 1 is 1.18 bits per heavy atom. The lowest BCUT2D eigenvalue weighted by Gasteiger charge is -2.32. The van der Waals surface area contributed by atoms with Crippen molar-refractivity contribution in [1.82, 2.24) is 10.2 Å². The Labute approximate surface area is 135 Å². The van der Waals surface area contributed by atoms with Crippen molar-refractivity contribution in [2.75, 3.05) is 51.2 Å². The van der Waals surface area contributed by atoms with Gasteiger partial charge in [-0.3, -0.25) is 0 Å². The molecule has 22 heavy (non-hydrogen) atoms. The molecule has 0 aliphatic carbocycles. The molecule has 1 unspecified atom stereocenters. The fraction of sp³-hybridized carbons (Fsp3) is 0.684. The molecule has 3 heteroatoms. The maximum atomic E-state index is 3.46. The van der Waals surface area contributed by atoms with E-state index >= 15 is 0 Å². The highest BCUT2D eigenvalue weighted by molar-refractivity contribution is 5.56. The number of hydrogen-bond acceptors (Lipinski definition) is 3. The first-order valence-electron chi connectivity index (χ1n) is 8.90. The van der Waals surface area contributed by atoms with Gasteiger partial charge in [-0.2, -0.15) is 0 Å². The van der Waals surface area contributed by atoms with Crippen LogP contribution in [0.5, 0.6) is 0 Å². The van der Waals surface area contributed by atoms with Crippen LogP contribution in [-0.2, 0) is 6.42 Å². The summed E-state index contributed by atoms with van der Waals surface area (Å²) in [6.07, 6.45) is 2.59.